The van der Waals surface area contributed by atoms with Crippen LogP contribution in [0, 0.1) is 0 Å². The van der Waals surface area contributed by atoms with Crippen LogP contribution in [0.2, 0.25) is 0 Å². The molecule has 0 aromatic rings. The summed E-state index contributed by atoms with van der Waals surface area (Å²) < 4.78 is 5.19. The lowest BCUT2D eigenvalue weighted by molar-refractivity contribution is -0.135. The minimum Gasteiger partial charge on any atom is -0.378 e. The fraction of sp³-hybridized carbons (Fsp3) is 0.846. The largest absolute Gasteiger partial charge is 0.378 e. The summed E-state index contributed by atoms with van der Waals surface area (Å²) in [4.78, 5) is 25.3. The van der Waals surface area contributed by atoms with Gasteiger partial charge in [-0.25, -0.2) is 0 Å². The summed E-state index contributed by atoms with van der Waals surface area (Å²) in [6, 6.07) is 0. The molecular weight excluding hydrogens is 246 g/mol. The van der Waals surface area contributed by atoms with Crippen molar-refractivity contribution in [1.82, 2.24) is 10.2 Å². The van der Waals surface area contributed by atoms with Gasteiger partial charge >= 0.3 is 0 Å². The first-order chi connectivity index (χ1) is 9.09. The second-order valence-corrected chi connectivity index (χ2v) is 5.49. The Kier molecular flexibility index (Phi) is 4.76. The number of hydrogen-bond acceptors (Lipinski definition) is 4. The molecule has 2 aliphatic rings. The number of carbonyl (C=O) groups excluding carboxylic acids is 2. The molecule has 0 aromatic carbocycles. The van der Waals surface area contributed by atoms with Gasteiger partial charge in [-0.1, -0.05) is 0 Å². The number of morpholine rings is 1. The van der Waals surface area contributed by atoms with Crippen LogP contribution in [0.3, 0.4) is 0 Å². The van der Waals surface area contributed by atoms with Crippen molar-refractivity contribution in [3.05, 3.63) is 0 Å². The number of nitrogens with two attached hydrogens (primary N) is 1. The van der Waals surface area contributed by atoms with Gasteiger partial charge < -0.3 is 20.7 Å². The number of carbonyl (C=O) groups is 2. The highest BCUT2D eigenvalue weighted by molar-refractivity contribution is 5.79. The molecule has 3 N–H and O–H groups in total. The van der Waals surface area contributed by atoms with Crippen molar-refractivity contribution in [1.29, 1.82) is 0 Å². The molecule has 0 atom stereocenters. The van der Waals surface area contributed by atoms with Gasteiger partial charge in [-0.05, 0) is 19.3 Å². The van der Waals surface area contributed by atoms with Gasteiger partial charge in [0, 0.05) is 38.0 Å². The zero-order valence-corrected chi connectivity index (χ0v) is 11.3. The Morgan fingerprint density at radius 2 is 1.95 bits per heavy atom. The summed E-state index contributed by atoms with van der Waals surface area (Å²) >= 11 is 0. The van der Waals surface area contributed by atoms with Crippen molar-refractivity contribution in [2.24, 2.45) is 5.73 Å². The van der Waals surface area contributed by atoms with Gasteiger partial charge in [-0.2, -0.15) is 0 Å². The molecule has 2 fully saturated rings. The lowest BCUT2D eigenvalue weighted by Gasteiger charge is -2.37. The molecule has 19 heavy (non-hydrogen) atoms. The molecule has 1 saturated heterocycles. The predicted molar refractivity (Wildman–Crippen MR) is 70.4 cm³/mol. The molecule has 1 saturated carbocycles. The van der Waals surface area contributed by atoms with E-state index in [9.17, 15) is 9.59 Å². The molecule has 1 heterocycles. The standard InChI is InChI=1S/C13H23N3O3/c14-13(3-1-4-13)10-11(17)15-5-2-12(18)16-6-8-19-9-7-16/h1-10,14H2,(H,15,17). The van der Waals surface area contributed by atoms with E-state index in [2.05, 4.69) is 5.32 Å². The van der Waals surface area contributed by atoms with E-state index in [0.717, 1.165) is 19.3 Å². The maximum atomic E-state index is 11.8. The highest BCUT2D eigenvalue weighted by Gasteiger charge is 2.34. The second kappa shape index (κ2) is 6.34. The van der Waals surface area contributed by atoms with E-state index in [1.165, 1.54) is 0 Å². The maximum absolute atomic E-state index is 11.8. The summed E-state index contributed by atoms with van der Waals surface area (Å²) in [5, 5.41) is 2.78. The molecule has 0 radical (unpaired) electrons. The van der Waals surface area contributed by atoms with Gasteiger partial charge in [0.1, 0.15) is 0 Å². The first-order valence-electron chi connectivity index (χ1n) is 7.00. The third-order valence-corrected chi connectivity index (χ3v) is 3.89. The Balaban J connectivity index is 1.60. The zero-order chi connectivity index (χ0) is 13.7. The van der Waals surface area contributed by atoms with Gasteiger partial charge in [-0.15, -0.1) is 0 Å². The smallest absolute Gasteiger partial charge is 0.224 e. The van der Waals surface area contributed by atoms with Crippen LogP contribution in [0.25, 0.3) is 0 Å². The van der Waals surface area contributed by atoms with E-state index in [-0.39, 0.29) is 17.4 Å². The Labute approximate surface area is 113 Å². The van der Waals surface area contributed by atoms with Crippen molar-refractivity contribution < 1.29 is 14.3 Å². The molecule has 2 rings (SSSR count). The van der Waals surface area contributed by atoms with Crippen LogP contribution in [0.1, 0.15) is 32.1 Å². The number of rotatable bonds is 5. The van der Waals surface area contributed by atoms with Crippen molar-refractivity contribution >= 4 is 11.8 Å². The topological polar surface area (TPSA) is 84.7 Å². The lowest BCUT2D eigenvalue weighted by atomic mass is 9.75. The van der Waals surface area contributed by atoms with E-state index in [4.69, 9.17) is 10.5 Å². The zero-order valence-electron chi connectivity index (χ0n) is 11.3. The monoisotopic (exact) mass is 269 g/mol. The number of hydrogen-bond donors (Lipinski definition) is 2. The van der Waals surface area contributed by atoms with Gasteiger partial charge in [-0.3, -0.25) is 9.59 Å². The highest BCUT2D eigenvalue weighted by Crippen LogP contribution is 2.31. The Morgan fingerprint density at radius 1 is 1.26 bits per heavy atom. The first kappa shape index (κ1) is 14.3. The average molecular weight is 269 g/mol. The van der Waals surface area contributed by atoms with Gasteiger partial charge in [0.2, 0.25) is 11.8 Å². The van der Waals surface area contributed by atoms with Crippen LogP contribution in [-0.2, 0) is 14.3 Å². The Morgan fingerprint density at radius 3 is 2.53 bits per heavy atom. The van der Waals surface area contributed by atoms with Crippen LogP contribution in [0.5, 0.6) is 0 Å². The SMILES string of the molecule is NC1(CC(=O)NCCC(=O)N2CCOCC2)CCC1. The van der Waals surface area contributed by atoms with Gasteiger partial charge in [0.15, 0.2) is 0 Å². The quantitative estimate of drug-likeness (QED) is 0.713. The molecule has 1 aliphatic heterocycles. The lowest BCUT2D eigenvalue weighted by Crippen LogP contribution is -2.50. The fourth-order valence-corrected chi connectivity index (χ4v) is 2.47. The fourth-order valence-electron chi connectivity index (χ4n) is 2.47. The van der Waals surface area contributed by atoms with Crippen LogP contribution in [0.4, 0.5) is 0 Å². The van der Waals surface area contributed by atoms with Crippen molar-refractivity contribution in [3.63, 3.8) is 0 Å². The molecule has 6 heteroatoms. The average Bonchev–Trinajstić information content (AvgIpc) is 2.37. The van der Waals surface area contributed by atoms with Gasteiger partial charge in [0.25, 0.3) is 0 Å². The normalized spacial score (nSPS) is 21.6. The number of nitrogens with one attached hydrogen (secondary N) is 1. The number of amides is 2. The van der Waals surface area contributed by atoms with E-state index >= 15 is 0 Å². The van der Waals surface area contributed by atoms with Crippen molar-refractivity contribution in [2.45, 2.75) is 37.6 Å². The molecule has 2 amide bonds. The van der Waals surface area contributed by atoms with E-state index in [1.807, 2.05) is 0 Å². The summed E-state index contributed by atoms with van der Waals surface area (Å²) in [6.07, 6.45) is 3.68. The Hall–Kier alpha value is -1.14. The van der Waals surface area contributed by atoms with Crippen LogP contribution >= 0.6 is 0 Å². The first-order valence-corrected chi connectivity index (χ1v) is 7.00. The maximum Gasteiger partial charge on any atom is 0.224 e. The van der Waals surface area contributed by atoms with Crippen LogP contribution < -0.4 is 11.1 Å². The molecule has 0 spiro atoms. The minimum atomic E-state index is -0.293. The summed E-state index contributed by atoms with van der Waals surface area (Å²) in [7, 11) is 0. The summed E-state index contributed by atoms with van der Waals surface area (Å²) in [5.41, 5.74) is 5.71. The molecule has 0 bridgehead atoms. The van der Waals surface area contributed by atoms with Crippen molar-refractivity contribution in [2.75, 3.05) is 32.8 Å². The molecule has 1 aliphatic carbocycles. The van der Waals surface area contributed by atoms with E-state index < -0.39 is 0 Å². The van der Waals surface area contributed by atoms with Gasteiger partial charge in [0.05, 0.1) is 13.2 Å². The highest BCUT2D eigenvalue weighted by atomic mass is 16.5. The van der Waals surface area contributed by atoms with E-state index in [1.54, 1.807) is 4.90 Å². The molecule has 0 unspecified atom stereocenters. The number of nitrogens with zero attached hydrogens (tertiary/aromatic N) is 1. The third kappa shape index (κ3) is 4.18. The predicted octanol–water partition coefficient (Wildman–Crippen LogP) is -0.377. The van der Waals surface area contributed by atoms with E-state index in [0.29, 0.717) is 45.7 Å². The van der Waals surface area contributed by atoms with Crippen LogP contribution in [0.15, 0.2) is 0 Å². The summed E-state index contributed by atoms with van der Waals surface area (Å²) in [6.45, 7) is 2.91. The molecule has 108 valence electrons. The molecular formula is C13H23N3O3. The molecule has 0 aromatic heterocycles. The minimum absolute atomic E-state index is 0.0445. The third-order valence-electron chi connectivity index (χ3n) is 3.89. The van der Waals surface area contributed by atoms with Crippen LogP contribution in [-0.4, -0.2) is 55.1 Å². The Bertz CT molecular complexity index is 336. The molecule has 6 nitrogen and oxygen atoms in total. The second-order valence-electron chi connectivity index (χ2n) is 5.49. The summed E-state index contributed by atoms with van der Waals surface area (Å²) in [5.74, 6) is 0.0340. The number of ether oxygens (including phenoxy) is 1. The van der Waals surface area contributed by atoms with Crippen molar-refractivity contribution in [3.8, 4) is 0 Å².